The number of hydrogen-bond donors (Lipinski definition) is 2. The van der Waals surface area contributed by atoms with E-state index in [1.54, 1.807) is 24.3 Å². The SMILES string of the molecule is Cl.Nc1ccc(C(=O)NC2CCSCC2)cc1. The van der Waals surface area contributed by atoms with Crippen LogP contribution in [0.25, 0.3) is 0 Å². The quantitative estimate of drug-likeness (QED) is 0.813. The summed E-state index contributed by atoms with van der Waals surface area (Å²) in [6, 6.07) is 7.38. The molecule has 0 atom stereocenters. The Kier molecular flexibility index (Phi) is 5.65. The van der Waals surface area contributed by atoms with Crippen molar-refractivity contribution in [2.24, 2.45) is 0 Å². The summed E-state index contributed by atoms with van der Waals surface area (Å²) in [5.74, 6) is 2.30. The van der Waals surface area contributed by atoms with E-state index in [4.69, 9.17) is 5.73 Å². The number of nitrogen functional groups attached to an aromatic ring is 1. The van der Waals surface area contributed by atoms with Gasteiger partial charge in [0.15, 0.2) is 0 Å². The minimum absolute atomic E-state index is 0. The summed E-state index contributed by atoms with van der Waals surface area (Å²) in [6.45, 7) is 0. The zero-order valence-corrected chi connectivity index (χ0v) is 11.2. The minimum atomic E-state index is 0. The first kappa shape index (κ1) is 14.2. The molecule has 1 fully saturated rings. The van der Waals surface area contributed by atoms with Crippen molar-refractivity contribution in [3.63, 3.8) is 0 Å². The third-order valence-electron chi connectivity index (χ3n) is 2.73. The van der Waals surface area contributed by atoms with Crippen molar-refractivity contribution >= 4 is 35.8 Å². The van der Waals surface area contributed by atoms with E-state index in [9.17, 15) is 4.79 Å². The van der Waals surface area contributed by atoms with E-state index in [2.05, 4.69) is 5.32 Å². The Morgan fingerprint density at radius 3 is 2.41 bits per heavy atom. The number of anilines is 1. The maximum atomic E-state index is 11.9. The monoisotopic (exact) mass is 272 g/mol. The molecule has 1 amide bonds. The van der Waals surface area contributed by atoms with Gasteiger partial charge in [-0.1, -0.05) is 0 Å². The van der Waals surface area contributed by atoms with Gasteiger partial charge in [-0.25, -0.2) is 0 Å². The molecule has 3 nitrogen and oxygen atoms in total. The van der Waals surface area contributed by atoms with Crippen LogP contribution >= 0.6 is 24.2 Å². The highest BCUT2D eigenvalue weighted by Gasteiger charge is 2.16. The molecule has 94 valence electrons. The Bertz CT molecular complexity index is 363. The zero-order chi connectivity index (χ0) is 11.4. The Balaban J connectivity index is 0.00000144. The van der Waals surface area contributed by atoms with E-state index in [1.807, 2.05) is 11.8 Å². The van der Waals surface area contributed by atoms with Gasteiger partial charge in [0, 0.05) is 17.3 Å². The van der Waals surface area contributed by atoms with E-state index in [0.29, 0.717) is 17.3 Å². The van der Waals surface area contributed by atoms with Crippen LogP contribution in [-0.4, -0.2) is 23.5 Å². The molecule has 1 aromatic rings. The predicted octanol–water partition coefficient (Wildman–Crippen LogP) is 2.32. The number of carbonyl (C=O) groups is 1. The summed E-state index contributed by atoms with van der Waals surface area (Å²) in [6.07, 6.45) is 2.15. The third kappa shape index (κ3) is 4.13. The van der Waals surface area contributed by atoms with Crippen LogP contribution in [0.3, 0.4) is 0 Å². The average Bonchev–Trinajstić information content (AvgIpc) is 2.31. The van der Waals surface area contributed by atoms with Gasteiger partial charge in [-0.15, -0.1) is 12.4 Å². The number of nitrogens with two attached hydrogens (primary N) is 1. The molecule has 1 aromatic carbocycles. The van der Waals surface area contributed by atoms with Crippen LogP contribution in [0, 0.1) is 0 Å². The Labute approximate surface area is 112 Å². The van der Waals surface area contributed by atoms with Gasteiger partial charge in [0.2, 0.25) is 0 Å². The summed E-state index contributed by atoms with van der Waals surface area (Å²) in [4.78, 5) is 11.9. The third-order valence-corrected chi connectivity index (χ3v) is 3.78. The zero-order valence-electron chi connectivity index (χ0n) is 9.52. The lowest BCUT2D eigenvalue weighted by Gasteiger charge is -2.22. The summed E-state index contributed by atoms with van der Waals surface area (Å²) >= 11 is 1.96. The van der Waals surface area contributed by atoms with Crippen LogP contribution in [0.4, 0.5) is 5.69 Å². The molecule has 0 bridgehead atoms. The van der Waals surface area contributed by atoms with Crippen LogP contribution in [0.5, 0.6) is 0 Å². The van der Waals surface area contributed by atoms with Gasteiger partial charge in [0.1, 0.15) is 0 Å². The summed E-state index contributed by atoms with van der Waals surface area (Å²) in [7, 11) is 0. The molecule has 1 saturated heterocycles. The Morgan fingerprint density at radius 1 is 1.24 bits per heavy atom. The van der Waals surface area contributed by atoms with Crippen molar-refractivity contribution in [1.82, 2.24) is 5.32 Å². The molecule has 0 aromatic heterocycles. The first-order chi connectivity index (χ1) is 7.75. The van der Waals surface area contributed by atoms with Crippen molar-refractivity contribution in [3.8, 4) is 0 Å². The number of thioether (sulfide) groups is 1. The van der Waals surface area contributed by atoms with Crippen LogP contribution in [0.1, 0.15) is 23.2 Å². The number of hydrogen-bond acceptors (Lipinski definition) is 3. The van der Waals surface area contributed by atoms with Gasteiger partial charge in [-0.2, -0.15) is 11.8 Å². The number of rotatable bonds is 2. The summed E-state index contributed by atoms with van der Waals surface area (Å²) in [5.41, 5.74) is 6.95. The lowest BCUT2D eigenvalue weighted by molar-refractivity contribution is 0.0935. The first-order valence-electron chi connectivity index (χ1n) is 5.50. The molecule has 1 heterocycles. The maximum Gasteiger partial charge on any atom is 0.251 e. The van der Waals surface area contributed by atoms with E-state index in [0.717, 1.165) is 24.3 Å². The number of nitrogens with one attached hydrogen (secondary N) is 1. The summed E-state index contributed by atoms with van der Waals surface area (Å²) < 4.78 is 0. The average molecular weight is 273 g/mol. The molecule has 5 heteroatoms. The van der Waals surface area contributed by atoms with Crippen LogP contribution < -0.4 is 11.1 Å². The van der Waals surface area contributed by atoms with Gasteiger partial charge in [0.05, 0.1) is 0 Å². The number of halogens is 1. The highest BCUT2D eigenvalue weighted by molar-refractivity contribution is 7.99. The van der Waals surface area contributed by atoms with Crippen molar-refractivity contribution in [2.45, 2.75) is 18.9 Å². The second kappa shape index (κ2) is 6.77. The van der Waals surface area contributed by atoms with E-state index < -0.39 is 0 Å². The molecule has 3 N–H and O–H groups in total. The van der Waals surface area contributed by atoms with Crippen molar-refractivity contribution in [3.05, 3.63) is 29.8 Å². The molecule has 2 rings (SSSR count). The number of amides is 1. The molecule has 0 unspecified atom stereocenters. The molecule has 0 saturated carbocycles. The fraction of sp³-hybridized carbons (Fsp3) is 0.417. The standard InChI is InChI=1S/C12H16N2OS.ClH/c13-10-3-1-9(2-4-10)12(15)14-11-5-7-16-8-6-11;/h1-4,11H,5-8,13H2,(H,14,15);1H. The van der Waals surface area contributed by atoms with Crippen molar-refractivity contribution in [1.29, 1.82) is 0 Å². The van der Waals surface area contributed by atoms with Crippen LogP contribution in [0.2, 0.25) is 0 Å². The van der Waals surface area contributed by atoms with Gasteiger partial charge in [-0.3, -0.25) is 4.79 Å². The second-order valence-corrected chi connectivity index (χ2v) is 5.21. The largest absolute Gasteiger partial charge is 0.399 e. The van der Waals surface area contributed by atoms with Gasteiger partial charge >= 0.3 is 0 Å². The maximum absolute atomic E-state index is 11.9. The molecule has 0 spiro atoms. The smallest absolute Gasteiger partial charge is 0.251 e. The second-order valence-electron chi connectivity index (χ2n) is 3.98. The molecule has 1 aliphatic heterocycles. The Hall–Kier alpha value is -0.870. The fourth-order valence-electron chi connectivity index (χ4n) is 1.75. The van der Waals surface area contributed by atoms with Crippen LogP contribution in [-0.2, 0) is 0 Å². The van der Waals surface area contributed by atoms with Gasteiger partial charge < -0.3 is 11.1 Å². The van der Waals surface area contributed by atoms with Crippen molar-refractivity contribution in [2.75, 3.05) is 17.2 Å². The van der Waals surface area contributed by atoms with E-state index >= 15 is 0 Å². The molecular formula is C12H17ClN2OS. The van der Waals surface area contributed by atoms with Crippen LogP contribution in [0.15, 0.2) is 24.3 Å². The lowest BCUT2D eigenvalue weighted by Crippen LogP contribution is -2.37. The molecule has 0 aliphatic carbocycles. The normalized spacial score (nSPS) is 16.0. The topological polar surface area (TPSA) is 55.1 Å². The predicted molar refractivity (Wildman–Crippen MR) is 75.9 cm³/mol. The number of benzene rings is 1. The highest BCUT2D eigenvalue weighted by Crippen LogP contribution is 2.17. The molecule has 17 heavy (non-hydrogen) atoms. The van der Waals surface area contributed by atoms with Crippen molar-refractivity contribution < 1.29 is 4.79 Å². The lowest BCUT2D eigenvalue weighted by atomic mass is 10.1. The van der Waals surface area contributed by atoms with Gasteiger partial charge in [-0.05, 0) is 48.6 Å². The molecular weight excluding hydrogens is 256 g/mol. The highest BCUT2D eigenvalue weighted by atomic mass is 35.5. The van der Waals surface area contributed by atoms with Gasteiger partial charge in [0.25, 0.3) is 5.91 Å². The number of carbonyl (C=O) groups excluding carboxylic acids is 1. The van der Waals surface area contributed by atoms with E-state index in [1.165, 1.54) is 0 Å². The first-order valence-corrected chi connectivity index (χ1v) is 6.65. The van der Waals surface area contributed by atoms with E-state index in [-0.39, 0.29) is 18.3 Å². The Morgan fingerprint density at radius 2 is 1.82 bits per heavy atom. The molecule has 1 aliphatic rings. The minimum Gasteiger partial charge on any atom is -0.399 e. The fourth-order valence-corrected chi connectivity index (χ4v) is 2.85. The molecule has 0 radical (unpaired) electrons. The summed E-state index contributed by atoms with van der Waals surface area (Å²) in [5, 5.41) is 3.06.